The monoisotopic (exact) mass is 286 g/mol. The Hall–Kier alpha value is -1.79. The molecular weight excluding hydrogens is 264 g/mol. The van der Waals surface area contributed by atoms with E-state index in [-0.39, 0.29) is 19.2 Å². The van der Waals surface area contributed by atoms with Gasteiger partial charge in [0, 0.05) is 6.04 Å². The summed E-state index contributed by atoms with van der Waals surface area (Å²) in [4.78, 5) is 35.8. The van der Waals surface area contributed by atoms with Gasteiger partial charge in [-0.15, -0.1) is 0 Å². The van der Waals surface area contributed by atoms with Crippen molar-refractivity contribution in [3.05, 3.63) is 0 Å². The molecule has 1 rings (SSSR count). The van der Waals surface area contributed by atoms with Gasteiger partial charge in [0.1, 0.15) is 12.6 Å². The van der Waals surface area contributed by atoms with Crippen molar-refractivity contribution < 1.29 is 24.2 Å². The van der Waals surface area contributed by atoms with Crippen LogP contribution < -0.4 is 5.32 Å². The van der Waals surface area contributed by atoms with Crippen molar-refractivity contribution in [2.45, 2.75) is 51.6 Å². The molecule has 0 spiro atoms. The molecule has 0 aromatic heterocycles. The van der Waals surface area contributed by atoms with Crippen LogP contribution in [0, 0.1) is 0 Å². The molecule has 7 heteroatoms. The Morgan fingerprint density at radius 3 is 2.45 bits per heavy atom. The lowest BCUT2D eigenvalue weighted by atomic mass is 10.2. The minimum absolute atomic E-state index is 0.0690. The molecule has 0 heterocycles. The van der Waals surface area contributed by atoms with E-state index in [1.165, 1.54) is 11.8 Å². The molecule has 20 heavy (non-hydrogen) atoms. The number of rotatable bonds is 6. The van der Waals surface area contributed by atoms with Crippen LogP contribution in [-0.2, 0) is 14.3 Å². The molecule has 1 unspecified atom stereocenters. The van der Waals surface area contributed by atoms with E-state index in [1.54, 1.807) is 6.92 Å². The summed E-state index contributed by atoms with van der Waals surface area (Å²) in [6.07, 6.45) is 3.58. The van der Waals surface area contributed by atoms with E-state index in [2.05, 4.69) is 5.32 Å². The molecule has 1 aliphatic carbocycles. The van der Waals surface area contributed by atoms with Crippen LogP contribution in [0.5, 0.6) is 0 Å². The second-order valence-corrected chi connectivity index (χ2v) is 4.88. The van der Waals surface area contributed by atoms with Crippen LogP contribution in [0.3, 0.4) is 0 Å². The third-order valence-electron chi connectivity index (χ3n) is 3.31. The van der Waals surface area contributed by atoms with E-state index in [1.807, 2.05) is 0 Å². The molecule has 0 saturated heterocycles. The van der Waals surface area contributed by atoms with Gasteiger partial charge in [-0.05, 0) is 26.7 Å². The first-order valence-corrected chi connectivity index (χ1v) is 6.91. The molecule has 0 aromatic rings. The number of carbonyl (C=O) groups excluding carboxylic acids is 2. The van der Waals surface area contributed by atoms with Gasteiger partial charge in [0.2, 0.25) is 0 Å². The van der Waals surface area contributed by atoms with Gasteiger partial charge in [-0.1, -0.05) is 12.8 Å². The van der Waals surface area contributed by atoms with E-state index >= 15 is 0 Å². The van der Waals surface area contributed by atoms with Crippen molar-refractivity contribution in [2.24, 2.45) is 0 Å². The van der Waals surface area contributed by atoms with Crippen LogP contribution in [0.4, 0.5) is 4.79 Å². The normalized spacial score (nSPS) is 16.5. The third-order valence-corrected chi connectivity index (χ3v) is 3.31. The largest absolute Gasteiger partial charge is 0.480 e. The van der Waals surface area contributed by atoms with Crippen molar-refractivity contribution in [3.8, 4) is 0 Å². The first kappa shape index (κ1) is 16.3. The number of nitrogens with zero attached hydrogens (tertiary/aromatic N) is 1. The van der Waals surface area contributed by atoms with Gasteiger partial charge in [-0.25, -0.2) is 9.59 Å². The van der Waals surface area contributed by atoms with Crippen LogP contribution >= 0.6 is 0 Å². The molecule has 7 nitrogen and oxygen atoms in total. The lowest BCUT2D eigenvalue weighted by Crippen LogP contribution is -2.51. The molecule has 2 N–H and O–H groups in total. The summed E-state index contributed by atoms with van der Waals surface area (Å²) in [6, 6.07) is -1.39. The highest BCUT2D eigenvalue weighted by atomic mass is 16.5. The number of esters is 1. The number of carboxylic acid groups (broad SMARTS) is 1. The molecule has 0 aromatic carbocycles. The number of hydrogen-bond acceptors (Lipinski definition) is 4. The predicted octanol–water partition coefficient (Wildman–Crippen LogP) is 0.977. The average Bonchev–Trinajstić information content (AvgIpc) is 2.89. The summed E-state index contributed by atoms with van der Waals surface area (Å²) >= 11 is 0. The van der Waals surface area contributed by atoms with Gasteiger partial charge in [0.15, 0.2) is 0 Å². The Morgan fingerprint density at radius 2 is 1.95 bits per heavy atom. The zero-order chi connectivity index (χ0) is 15.1. The fourth-order valence-corrected chi connectivity index (χ4v) is 2.32. The van der Waals surface area contributed by atoms with Crippen molar-refractivity contribution >= 4 is 18.0 Å². The fraction of sp³-hybridized carbons (Fsp3) is 0.769. The molecule has 0 aliphatic heterocycles. The molecule has 1 fully saturated rings. The molecule has 0 radical (unpaired) electrons. The quantitative estimate of drug-likeness (QED) is 0.709. The Morgan fingerprint density at radius 1 is 1.35 bits per heavy atom. The van der Waals surface area contributed by atoms with E-state index in [4.69, 9.17) is 9.84 Å². The Kier molecular flexibility index (Phi) is 6.27. The zero-order valence-corrected chi connectivity index (χ0v) is 11.9. The second-order valence-electron chi connectivity index (χ2n) is 4.88. The van der Waals surface area contributed by atoms with E-state index in [0.29, 0.717) is 0 Å². The number of amides is 2. The van der Waals surface area contributed by atoms with Crippen molar-refractivity contribution in [2.75, 3.05) is 13.2 Å². The minimum Gasteiger partial charge on any atom is -0.480 e. The van der Waals surface area contributed by atoms with Gasteiger partial charge in [0.25, 0.3) is 0 Å². The number of ether oxygens (including phenoxy) is 1. The highest BCUT2D eigenvalue weighted by Gasteiger charge is 2.30. The molecule has 1 saturated carbocycles. The summed E-state index contributed by atoms with van der Waals surface area (Å²) in [6.45, 7) is 3.08. The lowest BCUT2D eigenvalue weighted by molar-refractivity contribution is -0.144. The summed E-state index contributed by atoms with van der Waals surface area (Å²) < 4.78 is 4.80. The van der Waals surface area contributed by atoms with E-state index in [0.717, 1.165) is 25.7 Å². The maximum atomic E-state index is 12.1. The molecule has 114 valence electrons. The topological polar surface area (TPSA) is 95.9 Å². The maximum absolute atomic E-state index is 12.1. The second kappa shape index (κ2) is 7.72. The van der Waals surface area contributed by atoms with Crippen molar-refractivity contribution in [1.29, 1.82) is 0 Å². The van der Waals surface area contributed by atoms with Gasteiger partial charge in [-0.3, -0.25) is 4.79 Å². The predicted molar refractivity (Wildman–Crippen MR) is 71.2 cm³/mol. The van der Waals surface area contributed by atoms with Crippen LogP contribution in [-0.4, -0.2) is 53.2 Å². The standard InChI is InChI=1S/C13H22N2O5/c1-3-20-12(18)9(2)14-13(19)15(8-11(16)17)10-6-4-5-7-10/h9-10H,3-8H2,1-2H3,(H,14,19)(H,16,17). The summed E-state index contributed by atoms with van der Waals surface area (Å²) in [5, 5.41) is 11.4. The van der Waals surface area contributed by atoms with E-state index in [9.17, 15) is 14.4 Å². The Labute approximate surface area is 118 Å². The fourth-order valence-electron chi connectivity index (χ4n) is 2.32. The highest BCUT2D eigenvalue weighted by Crippen LogP contribution is 2.23. The first-order chi connectivity index (χ1) is 9.45. The van der Waals surface area contributed by atoms with Crippen LogP contribution in [0.25, 0.3) is 0 Å². The van der Waals surface area contributed by atoms with Crippen molar-refractivity contribution in [3.63, 3.8) is 0 Å². The van der Waals surface area contributed by atoms with Crippen LogP contribution in [0.1, 0.15) is 39.5 Å². The minimum atomic E-state index is -1.06. The Bertz CT molecular complexity index is 366. The van der Waals surface area contributed by atoms with Crippen molar-refractivity contribution in [1.82, 2.24) is 10.2 Å². The number of nitrogens with one attached hydrogen (secondary N) is 1. The van der Waals surface area contributed by atoms with Gasteiger partial charge in [-0.2, -0.15) is 0 Å². The number of carboxylic acids is 1. The van der Waals surface area contributed by atoms with Gasteiger partial charge in [0.05, 0.1) is 6.61 Å². The molecule has 1 atom stereocenters. The van der Waals surface area contributed by atoms with Gasteiger partial charge >= 0.3 is 18.0 Å². The molecule has 2 amide bonds. The van der Waals surface area contributed by atoms with Crippen LogP contribution in [0.15, 0.2) is 0 Å². The van der Waals surface area contributed by atoms with Crippen LogP contribution in [0.2, 0.25) is 0 Å². The zero-order valence-electron chi connectivity index (χ0n) is 11.9. The summed E-state index contributed by atoms with van der Waals surface area (Å²) in [7, 11) is 0. The SMILES string of the molecule is CCOC(=O)C(C)NC(=O)N(CC(=O)O)C1CCCC1. The third kappa shape index (κ3) is 4.71. The lowest BCUT2D eigenvalue weighted by Gasteiger charge is -2.28. The number of urea groups is 1. The number of aliphatic carboxylic acids is 1. The highest BCUT2D eigenvalue weighted by molar-refractivity contribution is 5.85. The summed E-state index contributed by atoms with van der Waals surface area (Å²) in [5.41, 5.74) is 0. The molecule has 0 bridgehead atoms. The number of hydrogen-bond donors (Lipinski definition) is 2. The Balaban J connectivity index is 2.62. The van der Waals surface area contributed by atoms with E-state index < -0.39 is 24.0 Å². The smallest absolute Gasteiger partial charge is 0.328 e. The molecular formula is C13H22N2O5. The average molecular weight is 286 g/mol. The maximum Gasteiger partial charge on any atom is 0.328 e. The summed E-state index contributed by atoms with van der Waals surface area (Å²) in [5.74, 6) is -1.58. The first-order valence-electron chi connectivity index (χ1n) is 6.91. The van der Waals surface area contributed by atoms with Gasteiger partial charge < -0.3 is 20.1 Å². The molecule has 1 aliphatic rings. The number of carbonyl (C=O) groups is 3.